The summed E-state index contributed by atoms with van der Waals surface area (Å²) < 4.78 is 13.1. The van der Waals surface area contributed by atoms with Crippen LogP contribution in [0.1, 0.15) is 19.3 Å². The molecule has 0 aliphatic heterocycles. The number of carbonyl (C=O) groups is 1. The lowest BCUT2D eigenvalue weighted by molar-refractivity contribution is -0.384. The maximum absolute atomic E-state index is 13.1. The van der Waals surface area contributed by atoms with Gasteiger partial charge in [-0.15, -0.1) is 0 Å². The summed E-state index contributed by atoms with van der Waals surface area (Å²) in [6, 6.07) is 2.71. The number of nitro groups is 1. The van der Waals surface area contributed by atoms with Gasteiger partial charge in [-0.2, -0.15) is 0 Å². The highest BCUT2D eigenvalue weighted by Crippen LogP contribution is 2.29. The Morgan fingerprint density at radius 1 is 1.47 bits per heavy atom. The number of carbonyl (C=O) groups excluding carboxylic acids is 1. The van der Waals surface area contributed by atoms with Crippen molar-refractivity contribution in [2.75, 3.05) is 5.32 Å². The number of benzene rings is 1. The quantitative estimate of drug-likeness (QED) is 0.644. The summed E-state index contributed by atoms with van der Waals surface area (Å²) in [6.07, 6.45) is 2.25. The van der Waals surface area contributed by atoms with E-state index in [1.54, 1.807) is 0 Å². The molecule has 0 spiro atoms. The fourth-order valence-electron chi connectivity index (χ4n) is 2.31. The Kier molecular flexibility index (Phi) is 3.75. The second-order valence-corrected chi connectivity index (χ2v) is 4.61. The minimum atomic E-state index is -0.663. The molecule has 7 heteroatoms. The fourth-order valence-corrected chi connectivity index (χ4v) is 2.31. The van der Waals surface area contributed by atoms with Crippen molar-refractivity contribution in [3.8, 4) is 0 Å². The highest BCUT2D eigenvalue weighted by molar-refractivity contribution is 5.95. The Labute approximate surface area is 108 Å². The third kappa shape index (κ3) is 2.87. The molecule has 1 aliphatic carbocycles. The van der Waals surface area contributed by atoms with E-state index in [9.17, 15) is 19.3 Å². The fraction of sp³-hybridized carbons (Fsp3) is 0.417. The van der Waals surface area contributed by atoms with Crippen LogP contribution in [-0.2, 0) is 4.79 Å². The van der Waals surface area contributed by atoms with Gasteiger partial charge in [-0.05, 0) is 18.9 Å². The summed E-state index contributed by atoms with van der Waals surface area (Å²) in [6.45, 7) is 0. The molecule has 1 amide bonds. The van der Waals surface area contributed by atoms with Gasteiger partial charge >= 0.3 is 0 Å². The second-order valence-electron chi connectivity index (χ2n) is 4.61. The molecule has 2 atom stereocenters. The Bertz CT molecular complexity index is 521. The number of hydrogen-bond donors (Lipinski definition) is 2. The van der Waals surface area contributed by atoms with Gasteiger partial charge in [-0.1, -0.05) is 6.42 Å². The topological polar surface area (TPSA) is 98.3 Å². The molecule has 3 N–H and O–H groups in total. The second kappa shape index (κ2) is 5.31. The van der Waals surface area contributed by atoms with Crippen molar-refractivity contribution in [1.82, 2.24) is 0 Å². The molecule has 2 unspecified atom stereocenters. The number of nitrogens with zero attached hydrogens (tertiary/aromatic N) is 1. The summed E-state index contributed by atoms with van der Waals surface area (Å²) >= 11 is 0. The van der Waals surface area contributed by atoms with Crippen molar-refractivity contribution < 1.29 is 14.1 Å². The van der Waals surface area contributed by atoms with E-state index in [4.69, 9.17) is 5.73 Å². The lowest BCUT2D eigenvalue weighted by atomic mass is 10.0. The lowest BCUT2D eigenvalue weighted by Gasteiger charge is -2.15. The maximum atomic E-state index is 13.1. The SMILES string of the molecule is NC1CCCC1C(=O)Nc1cc(F)ccc1[N+](=O)[O-]. The van der Waals surface area contributed by atoms with Crippen LogP contribution >= 0.6 is 0 Å². The average Bonchev–Trinajstić information content (AvgIpc) is 2.75. The summed E-state index contributed by atoms with van der Waals surface area (Å²) in [5.74, 6) is -1.40. The largest absolute Gasteiger partial charge is 0.327 e. The van der Waals surface area contributed by atoms with Crippen molar-refractivity contribution in [2.45, 2.75) is 25.3 Å². The third-order valence-corrected chi connectivity index (χ3v) is 3.32. The van der Waals surface area contributed by atoms with Crippen LogP contribution in [0.2, 0.25) is 0 Å². The molecule has 19 heavy (non-hydrogen) atoms. The first-order valence-electron chi connectivity index (χ1n) is 5.99. The normalized spacial score (nSPS) is 22.2. The van der Waals surface area contributed by atoms with Crippen LogP contribution in [0.25, 0.3) is 0 Å². The van der Waals surface area contributed by atoms with Gasteiger partial charge < -0.3 is 11.1 Å². The van der Waals surface area contributed by atoms with E-state index in [0.29, 0.717) is 6.42 Å². The van der Waals surface area contributed by atoms with Crippen molar-refractivity contribution in [2.24, 2.45) is 11.7 Å². The van der Waals surface area contributed by atoms with Crippen molar-refractivity contribution in [3.63, 3.8) is 0 Å². The van der Waals surface area contributed by atoms with Crippen LogP contribution in [0.5, 0.6) is 0 Å². The van der Waals surface area contributed by atoms with Crippen molar-refractivity contribution >= 4 is 17.3 Å². The first kappa shape index (κ1) is 13.4. The van der Waals surface area contributed by atoms with E-state index < -0.39 is 16.6 Å². The van der Waals surface area contributed by atoms with E-state index in [2.05, 4.69) is 5.32 Å². The molecule has 1 aliphatic rings. The number of nitro benzene ring substituents is 1. The molecule has 0 radical (unpaired) electrons. The maximum Gasteiger partial charge on any atom is 0.292 e. The summed E-state index contributed by atoms with van der Waals surface area (Å²) in [5.41, 5.74) is 5.33. The van der Waals surface area contributed by atoms with Crippen LogP contribution in [0.3, 0.4) is 0 Å². The van der Waals surface area contributed by atoms with E-state index >= 15 is 0 Å². The molecule has 0 aromatic heterocycles. The van der Waals surface area contributed by atoms with Crippen LogP contribution in [0, 0.1) is 21.8 Å². The summed E-state index contributed by atoms with van der Waals surface area (Å²) in [7, 11) is 0. The molecular formula is C12H14FN3O3. The van der Waals surface area contributed by atoms with Gasteiger partial charge in [0.2, 0.25) is 5.91 Å². The Hall–Kier alpha value is -2.02. The van der Waals surface area contributed by atoms with Gasteiger partial charge in [-0.3, -0.25) is 14.9 Å². The van der Waals surface area contributed by atoms with E-state index in [-0.39, 0.29) is 23.3 Å². The number of anilines is 1. The third-order valence-electron chi connectivity index (χ3n) is 3.32. The van der Waals surface area contributed by atoms with Gasteiger partial charge in [0.05, 0.1) is 10.8 Å². The van der Waals surface area contributed by atoms with Crippen LogP contribution in [0.4, 0.5) is 15.8 Å². The monoisotopic (exact) mass is 267 g/mol. The first-order valence-corrected chi connectivity index (χ1v) is 5.99. The van der Waals surface area contributed by atoms with E-state index in [0.717, 1.165) is 31.0 Å². The number of hydrogen-bond acceptors (Lipinski definition) is 4. The minimum absolute atomic E-state index is 0.130. The molecule has 0 heterocycles. The molecule has 1 fully saturated rings. The number of rotatable bonds is 3. The predicted molar refractivity (Wildman–Crippen MR) is 67.0 cm³/mol. The van der Waals surface area contributed by atoms with Gasteiger partial charge in [0.1, 0.15) is 11.5 Å². The van der Waals surface area contributed by atoms with Gasteiger partial charge in [0.25, 0.3) is 5.69 Å². The van der Waals surface area contributed by atoms with E-state index in [1.165, 1.54) is 0 Å². The van der Waals surface area contributed by atoms with E-state index in [1.807, 2.05) is 0 Å². The smallest absolute Gasteiger partial charge is 0.292 e. The zero-order valence-corrected chi connectivity index (χ0v) is 10.1. The Balaban J connectivity index is 2.20. The molecule has 0 bridgehead atoms. The van der Waals surface area contributed by atoms with Gasteiger partial charge in [0.15, 0.2) is 0 Å². The van der Waals surface area contributed by atoms with Gasteiger partial charge in [-0.25, -0.2) is 4.39 Å². The summed E-state index contributed by atoms with van der Waals surface area (Å²) in [4.78, 5) is 22.1. The highest BCUT2D eigenvalue weighted by atomic mass is 19.1. The molecule has 1 saturated carbocycles. The molecule has 0 saturated heterocycles. The minimum Gasteiger partial charge on any atom is -0.327 e. The number of nitrogens with two attached hydrogens (primary N) is 1. The predicted octanol–water partition coefficient (Wildman–Crippen LogP) is 1.80. The molecule has 102 valence electrons. The van der Waals surface area contributed by atoms with Crippen molar-refractivity contribution in [1.29, 1.82) is 0 Å². The number of nitrogens with one attached hydrogen (secondary N) is 1. The Morgan fingerprint density at radius 2 is 2.21 bits per heavy atom. The molecule has 1 aromatic rings. The number of halogens is 1. The van der Waals surface area contributed by atoms with Crippen LogP contribution < -0.4 is 11.1 Å². The van der Waals surface area contributed by atoms with Crippen LogP contribution in [0.15, 0.2) is 18.2 Å². The zero-order chi connectivity index (χ0) is 14.0. The summed E-state index contributed by atoms with van der Waals surface area (Å²) in [5, 5.41) is 13.2. The molecular weight excluding hydrogens is 253 g/mol. The zero-order valence-electron chi connectivity index (χ0n) is 10.1. The van der Waals surface area contributed by atoms with Crippen LogP contribution in [-0.4, -0.2) is 16.9 Å². The molecule has 1 aromatic carbocycles. The Morgan fingerprint density at radius 3 is 2.79 bits per heavy atom. The molecule has 2 rings (SSSR count). The average molecular weight is 267 g/mol. The standard InChI is InChI=1S/C12H14FN3O3/c13-7-4-5-11(16(18)19)10(6-7)15-12(17)8-2-1-3-9(8)14/h4-6,8-9H,1-3,14H2,(H,15,17). The van der Waals surface area contributed by atoms with Crippen molar-refractivity contribution in [3.05, 3.63) is 34.1 Å². The highest BCUT2D eigenvalue weighted by Gasteiger charge is 2.31. The lowest BCUT2D eigenvalue weighted by Crippen LogP contribution is -2.34. The van der Waals surface area contributed by atoms with Gasteiger partial charge in [0, 0.05) is 18.2 Å². The number of amides is 1. The first-order chi connectivity index (χ1) is 8.99. The molecule has 6 nitrogen and oxygen atoms in total.